The third-order valence-electron chi connectivity index (χ3n) is 8.19. The molecule has 39 heavy (non-hydrogen) atoms. The Bertz CT molecular complexity index is 1510. The summed E-state index contributed by atoms with van der Waals surface area (Å²) in [5, 5.41) is 5.22. The van der Waals surface area contributed by atoms with Crippen LogP contribution in [-0.2, 0) is 29.5 Å². The number of benzene rings is 3. The molecule has 6 rings (SSSR count). The molecular formula is C31H31N3O5. The van der Waals surface area contributed by atoms with Crippen molar-refractivity contribution in [1.29, 1.82) is 0 Å². The van der Waals surface area contributed by atoms with Crippen molar-refractivity contribution < 1.29 is 23.9 Å². The van der Waals surface area contributed by atoms with Crippen LogP contribution in [0, 0.1) is 17.8 Å². The predicted molar refractivity (Wildman–Crippen MR) is 147 cm³/mol. The first-order valence-corrected chi connectivity index (χ1v) is 13.5. The van der Waals surface area contributed by atoms with Gasteiger partial charge in [0, 0.05) is 22.7 Å². The number of esters is 1. The monoisotopic (exact) mass is 525 g/mol. The number of carbonyl (C=O) groups is 4. The molecule has 3 aliphatic heterocycles. The second kappa shape index (κ2) is 9.31. The second-order valence-corrected chi connectivity index (χ2v) is 10.9. The van der Waals surface area contributed by atoms with E-state index in [0.717, 1.165) is 10.8 Å². The van der Waals surface area contributed by atoms with Crippen LogP contribution in [0.1, 0.15) is 32.8 Å². The van der Waals surface area contributed by atoms with Crippen molar-refractivity contribution in [3.8, 4) is 0 Å². The van der Waals surface area contributed by atoms with Crippen LogP contribution < -0.4 is 15.1 Å². The van der Waals surface area contributed by atoms with Gasteiger partial charge in [-0.05, 0) is 36.8 Å². The van der Waals surface area contributed by atoms with Gasteiger partial charge >= 0.3 is 5.97 Å². The number of nitrogens with one attached hydrogen (secondary N) is 1. The molecule has 3 aromatic rings. The molecule has 0 bridgehead atoms. The summed E-state index contributed by atoms with van der Waals surface area (Å²) in [7, 11) is 0. The average molecular weight is 526 g/mol. The Kier molecular flexibility index (Phi) is 6.03. The van der Waals surface area contributed by atoms with Gasteiger partial charge in [-0.3, -0.25) is 29.4 Å². The minimum absolute atomic E-state index is 0.194. The Morgan fingerprint density at radius 1 is 0.949 bits per heavy atom. The smallest absolute Gasteiger partial charge is 0.326 e. The van der Waals surface area contributed by atoms with Gasteiger partial charge in [-0.2, -0.15) is 0 Å². The first-order valence-electron chi connectivity index (χ1n) is 13.5. The van der Waals surface area contributed by atoms with Crippen molar-refractivity contribution in [2.45, 2.75) is 38.8 Å². The zero-order chi connectivity index (χ0) is 27.5. The Morgan fingerprint density at radius 3 is 2.41 bits per heavy atom. The SMILES string of the molecule is CCOC(=O)CN1C(=O)C2(NC(CC(C)C)C3C(=O)N(c4cccc5ccccc45)C(=O)C32)c2ccccc21. The molecule has 1 spiro atoms. The maximum absolute atomic E-state index is 14.4. The van der Waals surface area contributed by atoms with E-state index in [2.05, 4.69) is 19.2 Å². The molecule has 3 aliphatic rings. The highest BCUT2D eigenvalue weighted by Crippen LogP contribution is 2.56. The number of carbonyl (C=O) groups excluding carboxylic acids is 4. The summed E-state index contributed by atoms with van der Waals surface area (Å²) in [5.74, 6) is -3.09. The zero-order valence-electron chi connectivity index (χ0n) is 22.2. The fourth-order valence-corrected chi connectivity index (χ4v) is 6.79. The molecule has 1 N–H and O–H groups in total. The number of ether oxygens (including phenoxy) is 1. The van der Waals surface area contributed by atoms with Crippen LogP contribution in [-0.4, -0.2) is 42.9 Å². The van der Waals surface area contributed by atoms with Gasteiger partial charge in [0.15, 0.2) is 0 Å². The number of amides is 3. The van der Waals surface area contributed by atoms with E-state index in [1.807, 2.05) is 48.5 Å². The van der Waals surface area contributed by atoms with Crippen molar-refractivity contribution in [3.63, 3.8) is 0 Å². The fourth-order valence-electron chi connectivity index (χ4n) is 6.79. The fraction of sp³-hybridized carbons (Fsp3) is 0.355. The van der Waals surface area contributed by atoms with Crippen molar-refractivity contribution in [2.24, 2.45) is 17.8 Å². The Morgan fingerprint density at radius 2 is 1.64 bits per heavy atom. The molecule has 3 aromatic carbocycles. The van der Waals surface area contributed by atoms with Gasteiger partial charge in [0.05, 0.1) is 24.1 Å². The van der Waals surface area contributed by atoms with Crippen LogP contribution in [0.15, 0.2) is 66.7 Å². The quantitative estimate of drug-likeness (QED) is 0.389. The lowest BCUT2D eigenvalue weighted by atomic mass is 9.76. The molecule has 8 nitrogen and oxygen atoms in total. The largest absolute Gasteiger partial charge is 0.465 e. The number of fused-ring (bicyclic) bond motifs is 5. The predicted octanol–water partition coefficient (Wildman–Crippen LogP) is 3.77. The van der Waals surface area contributed by atoms with Gasteiger partial charge in [-0.15, -0.1) is 0 Å². The third-order valence-corrected chi connectivity index (χ3v) is 8.19. The maximum Gasteiger partial charge on any atom is 0.326 e. The summed E-state index contributed by atoms with van der Waals surface area (Å²) >= 11 is 0. The Labute approximate surface area is 226 Å². The molecule has 0 radical (unpaired) electrons. The van der Waals surface area contributed by atoms with Crippen LogP contribution in [0.4, 0.5) is 11.4 Å². The van der Waals surface area contributed by atoms with Crippen LogP contribution in [0.25, 0.3) is 10.8 Å². The first kappa shape index (κ1) is 25.2. The molecule has 2 fully saturated rings. The van der Waals surface area contributed by atoms with E-state index in [0.29, 0.717) is 23.4 Å². The number of hydrogen-bond donors (Lipinski definition) is 1. The van der Waals surface area contributed by atoms with Crippen molar-refractivity contribution in [1.82, 2.24) is 5.32 Å². The topological polar surface area (TPSA) is 96.0 Å². The minimum Gasteiger partial charge on any atom is -0.465 e. The molecule has 4 unspecified atom stereocenters. The van der Waals surface area contributed by atoms with Crippen LogP contribution in [0.3, 0.4) is 0 Å². The number of para-hydroxylation sites is 1. The van der Waals surface area contributed by atoms with Crippen LogP contribution in [0.2, 0.25) is 0 Å². The van der Waals surface area contributed by atoms with E-state index in [1.165, 1.54) is 9.80 Å². The van der Waals surface area contributed by atoms with Crippen molar-refractivity contribution in [2.75, 3.05) is 23.0 Å². The standard InChI is InChI=1S/C31H31N3O5/c1-4-39-25(35)17-33-24-14-8-7-13-21(24)31(30(33)38)27-26(22(32-31)16-18(2)3)28(36)34(29(27)37)23-15-9-11-19-10-5-6-12-20(19)23/h5-15,18,22,26-27,32H,4,16-17H2,1-3H3. The van der Waals surface area contributed by atoms with Gasteiger partial charge in [0.2, 0.25) is 11.8 Å². The zero-order valence-corrected chi connectivity index (χ0v) is 22.2. The summed E-state index contributed by atoms with van der Waals surface area (Å²) in [6.45, 7) is 5.75. The van der Waals surface area contributed by atoms with E-state index < -0.39 is 41.2 Å². The van der Waals surface area contributed by atoms with Crippen molar-refractivity contribution in [3.05, 3.63) is 72.3 Å². The molecule has 0 aliphatic carbocycles. The van der Waals surface area contributed by atoms with E-state index >= 15 is 0 Å². The summed E-state index contributed by atoms with van der Waals surface area (Å²) in [6, 6.07) is 20.0. The lowest BCUT2D eigenvalue weighted by molar-refractivity contribution is -0.142. The lowest BCUT2D eigenvalue weighted by Crippen LogP contribution is -2.55. The van der Waals surface area contributed by atoms with E-state index in [1.54, 1.807) is 25.1 Å². The highest BCUT2D eigenvalue weighted by molar-refractivity contribution is 6.28. The Balaban J connectivity index is 1.51. The molecule has 200 valence electrons. The summed E-state index contributed by atoms with van der Waals surface area (Å²) in [5.41, 5.74) is 0.231. The minimum atomic E-state index is -1.46. The van der Waals surface area contributed by atoms with Gasteiger partial charge in [-0.25, -0.2) is 4.90 Å². The molecule has 2 saturated heterocycles. The second-order valence-electron chi connectivity index (χ2n) is 10.9. The van der Waals surface area contributed by atoms with E-state index in [4.69, 9.17) is 4.74 Å². The molecular weight excluding hydrogens is 494 g/mol. The van der Waals surface area contributed by atoms with Gasteiger partial charge in [-0.1, -0.05) is 68.4 Å². The molecule has 8 heteroatoms. The molecule has 0 aromatic heterocycles. The van der Waals surface area contributed by atoms with Crippen LogP contribution in [0.5, 0.6) is 0 Å². The lowest BCUT2D eigenvalue weighted by Gasteiger charge is -2.31. The highest BCUT2D eigenvalue weighted by Gasteiger charge is 2.71. The van der Waals surface area contributed by atoms with Gasteiger partial charge in [0.25, 0.3) is 5.91 Å². The molecule has 0 saturated carbocycles. The Hall–Kier alpha value is -4.04. The number of rotatable bonds is 6. The third kappa shape index (κ3) is 3.61. The average Bonchev–Trinajstić information content (AvgIpc) is 3.47. The summed E-state index contributed by atoms with van der Waals surface area (Å²) in [4.78, 5) is 58.2. The number of anilines is 2. The molecule has 3 amide bonds. The number of hydrogen-bond acceptors (Lipinski definition) is 6. The summed E-state index contributed by atoms with van der Waals surface area (Å²) < 4.78 is 5.15. The van der Waals surface area contributed by atoms with Gasteiger partial charge < -0.3 is 4.74 Å². The number of imide groups is 1. The van der Waals surface area contributed by atoms with Crippen molar-refractivity contribution >= 4 is 45.8 Å². The molecule has 3 heterocycles. The normalized spacial score (nSPS) is 25.7. The molecule has 4 atom stereocenters. The number of nitrogens with zero attached hydrogens (tertiary/aromatic N) is 2. The highest BCUT2D eigenvalue weighted by atomic mass is 16.5. The van der Waals surface area contributed by atoms with Gasteiger partial charge in [0.1, 0.15) is 12.1 Å². The maximum atomic E-state index is 14.4. The van der Waals surface area contributed by atoms with E-state index in [9.17, 15) is 19.2 Å². The first-order chi connectivity index (χ1) is 18.8. The van der Waals surface area contributed by atoms with E-state index in [-0.39, 0.29) is 25.0 Å². The summed E-state index contributed by atoms with van der Waals surface area (Å²) in [6.07, 6.45) is 0.610. The van der Waals surface area contributed by atoms with Crippen LogP contribution >= 0.6 is 0 Å².